The quantitative estimate of drug-likeness (QED) is 0.874. The number of carbonyl (C=O) groups is 1. The fourth-order valence-corrected chi connectivity index (χ4v) is 4.30. The number of rotatable bonds is 3. The van der Waals surface area contributed by atoms with E-state index in [0.29, 0.717) is 5.91 Å². The van der Waals surface area contributed by atoms with Crippen LogP contribution >= 0.6 is 0 Å². The molecule has 0 radical (unpaired) electrons. The van der Waals surface area contributed by atoms with Crippen LogP contribution in [0.5, 0.6) is 0 Å². The van der Waals surface area contributed by atoms with E-state index >= 15 is 0 Å². The molecule has 2 saturated heterocycles. The topological polar surface area (TPSA) is 36.7 Å². The third-order valence-corrected chi connectivity index (χ3v) is 5.47. The fraction of sp³-hybridized carbons (Fsp3) is 0.421. The van der Waals surface area contributed by atoms with E-state index in [1.165, 1.54) is 11.1 Å². The van der Waals surface area contributed by atoms with Crippen LogP contribution in [0.15, 0.2) is 53.3 Å². The molecule has 2 aliphatic rings. The molecule has 1 aromatic heterocycles. The molecule has 4 nitrogen and oxygen atoms in total. The number of furan rings is 1. The highest BCUT2D eigenvalue weighted by atomic mass is 16.3. The zero-order valence-electron chi connectivity index (χ0n) is 13.4. The van der Waals surface area contributed by atoms with E-state index in [0.717, 1.165) is 32.6 Å². The second-order valence-electron chi connectivity index (χ2n) is 6.90. The Labute approximate surface area is 136 Å². The van der Waals surface area contributed by atoms with Gasteiger partial charge in [-0.05, 0) is 18.1 Å². The van der Waals surface area contributed by atoms with Crippen molar-refractivity contribution in [1.29, 1.82) is 0 Å². The van der Waals surface area contributed by atoms with E-state index < -0.39 is 0 Å². The number of hydrogen-bond donors (Lipinski definition) is 0. The van der Waals surface area contributed by atoms with Crippen LogP contribution in [-0.4, -0.2) is 42.4 Å². The highest BCUT2D eigenvalue weighted by molar-refractivity contribution is 5.86. The molecule has 0 bridgehead atoms. The molecule has 23 heavy (non-hydrogen) atoms. The fourth-order valence-electron chi connectivity index (χ4n) is 4.30. The van der Waals surface area contributed by atoms with Crippen LogP contribution < -0.4 is 0 Å². The number of amides is 1. The first-order valence-electron chi connectivity index (χ1n) is 8.23. The number of nitrogens with zero attached hydrogens (tertiary/aromatic N) is 2. The molecular weight excluding hydrogens is 288 g/mol. The summed E-state index contributed by atoms with van der Waals surface area (Å²) in [5.41, 5.74) is 2.19. The molecule has 1 spiro atoms. The van der Waals surface area contributed by atoms with E-state index in [4.69, 9.17) is 4.42 Å². The average molecular weight is 310 g/mol. The predicted molar refractivity (Wildman–Crippen MR) is 87.9 cm³/mol. The summed E-state index contributed by atoms with van der Waals surface area (Å²) in [5.74, 6) is 0.578. The Hall–Kier alpha value is -2.07. The normalized spacial score (nSPS) is 28.1. The zero-order chi connectivity index (χ0) is 15.9. The van der Waals surface area contributed by atoms with Crippen LogP contribution in [-0.2, 0) is 11.3 Å². The van der Waals surface area contributed by atoms with E-state index in [2.05, 4.69) is 29.2 Å². The first kappa shape index (κ1) is 14.5. The summed E-state index contributed by atoms with van der Waals surface area (Å²) < 4.78 is 5.19. The second-order valence-corrected chi connectivity index (χ2v) is 6.90. The van der Waals surface area contributed by atoms with E-state index in [-0.39, 0.29) is 11.3 Å². The van der Waals surface area contributed by atoms with Gasteiger partial charge in [0.25, 0.3) is 0 Å². The van der Waals surface area contributed by atoms with Crippen molar-refractivity contribution < 1.29 is 9.21 Å². The summed E-state index contributed by atoms with van der Waals surface area (Å²) in [6.07, 6.45) is 4.46. The van der Waals surface area contributed by atoms with Crippen LogP contribution in [0.1, 0.15) is 23.5 Å². The molecule has 4 heteroatoms. The monoisotopic (exact) mass is 310 g/mol. The van der Waals surface area contributed by atoms with Gasteiger partial charge in [0.05, 0.1) is 17.9 Å². The summed E-state index contributed by atoms with van der Waals surface area (Å²) in [6.45, 7) is 3.47. The van der Waals surface area contributed by atoms with Gasteiger partial charge >= 0.3 is 0 Å². The van der Waals surface area contributed by atoms with Gasteiger partial charge in [-0.1, -0.05) is 30.3 Å². The Balaban J connectivity index is 1.66. The molecular formula is C19H22N2O2. The Morgan fingerprint density at radius 2 is 2.09 bits per heavy atom. The Kier molecular flexibility index (Phi) is 3.49. The van der Waals surface area contributed by atoms with Gasteiger partial charge in [-0.3, -0.25) is 9.69 Å². The van der Waals surface area contributed by atoms with Crippen molar-refractivity contribution in [2.45, 2.75) is 18.9 Å². The lowest BCUT2D eigenvalue weighted by molar-refractivity contribution is -0.135. The highest BCUT2D eigenvalue weighted by Gasteiger charge is 2.56. The maximum absolute atomic E-state index is 12.9. The molecule has 1 aromatic carbocycles. The van der Waals surface area contributed by atoms with Gasteiger partial charge in [0.15, 0.2) is 0 Å². The summed E-state index contributed by atoms with van der Waals surface area (Å²) in [5, 5.41) is 0. The molecule has 0 aliphatic carbocycles. The van der Waals surface area contributed by atoms with Crippen LogP contribution in [0.2, 0.25) is 0 Å². The van der Waals surface area contributed by atoms with Gasteiger partial charge in [-0.25, -0.2) is 0 Å². The minimum Gasteiger partial charge on any atom is -0.472 e. The van der Waals surface area contributed by atoms with Crippen molar-refractivity contribution in [2.24, 2.45) is 5.41 Å². The van der Waals surface area contributed by atoms with Crippen LogP contribution in [0, 0.1) is 5.41 Å². The first-order valence-corrected chi connectivity index (χ1v) is 8.23. The third-order valence-electron chi connectivity index (χ3n) is 5.47. The van der Waals surface area contributed by atoms with Crippen molar-refractivity contribution >= 4 is 5.91 Å². The van der Waals surface area contributed by atoms with Crippen molar-refractivity contribution in [3.8, 4) is 0 Å². The molecule has 120 valence electrons. The molecule has 2 aliphatic heterocycles. The maximum Gasteiger partial charge on any atom is 0.230 e. The van der Waals surface area contributed by atoms with Gasteiger partial charge in [0.2, 0.25) is 5.91 Å². The molecule has 2 atom stereocenters. The molecule has 0 N–H and O–H groups in total. The van der Waals surface area contributed by atoms with E-state index in [1.807, 2.05) is 24.1 Å². The lowest BCUT2D eigenvalue weighted by Crippen LogP contribution is -2.38. The minimum absolute atomic E-state index is 0.264. The van der Waals surface area contributed by atoms with Gasteiger partial charge in [0.1, 0.15) is 0 Å². The lowest BCUT2D eigenvalue weighted by atomic mass is 9.73. The standard InChI is InChI=1S/C19H22N2O2/c1-20-9-8-19(18(20)22)14-21(11-15-7-10-23-13-15)12-17(19)16-5-3-2-4-6-16/h2-7,10,13,17H,8-9,11-12,14H2,1H3/t17-,19+/m0/s1. The maximum atomic E-state index is 12.9. The molecule has 0 unspecified atom stereocenters. The zero-order valence-corrected chi connectivity index (χ0v) is 13.4. The van der Waals surface area contributed by atoms with Crippen LogP contribution in [0.4, 0.5) is 0 Å². The Morgan fingerprint density at radius 1 is 1.26 bits per heavy atom. The van der Waals surface area contributed by atoms with Crippen LogP contribution in [0.25, 0.3) is 0 Å². The smallest absolute Gasteiger partial charge is 0.230 e. The summed E-state index contributed by atoms with van der Waals surface area (Å²) in [6, 6.07) is 12.5. The second kappa shape index (κ2) is 5.53. The number of hydrogen-bond acceptors (Lipinski definition) is 3. The average Bonchev–Trinajstić information content (AvgIpc) is 3.27. The van der Waals surface area contributed by atoms with Gasteiger partial charge in [0, 0.05) is 44.7 Å². The molecule has 4 rings (SSSR count). The summed E-state index contributed by atoms with van der Waals surface area (Å²) >= 11 is 0. The van der Waals surface area contributed by atoms with Crippen molar-refractivity contribution in [3.05, 3.63) is 60.1 Å². The van der Waals surface area contributed by atoms with E-state index in [1.54, 1.807) is 12.5 Å². The third kappa shape index (κ3) is 2.38. The first-order chi connectivity index (χ1) is 11.2. The summed E-state index contributed by atoms with van der Waals surface area (Å²) in [4.78, 5) is 17.2. The Morgan fingerprint density at radius 3 is 2.74 bits per heavy atom. The number of likely N-dealkylation sites (tertiary alicyclic amines) is 2. The van der Waals surface area contributed by atoms with Crippen molar-refractivity contribution in [1.82, 2.24) is 9.80 Å². The highest BCUT2D eigenvalue weighted by Crippen LogP contribution is 2.49. The van der Waals surface area contributed by atoms with E-state index in [9.17, 15) is 4.79 Å². The van der Waals surface area contributed by atoms with Crippen molar-refractivity contribution in [3.63, 3.8) is 0 Å². The molecule has 3 heterocycles. The SMILES string of the molecule is CN1CC[C@]2(CN(Cc3ccoc3)C[C@H]2c2ccccc2)C1=O. The minimum atomic E-state index is -0.264. The van der Waals surface area contributed by atoms with Crippen LogP contribution in [0.3, 0.4) is 0 Å². The predicted octanol–water partition coefficient (Wildman–Crippen LogP) is 2.73. The summed E-state index contributed by atoms with van der Waals surface area (Å²) in [7, 11) is 1.93. The van der Waals surface area contributed by atoms with Gasteiger partial charge < -0.3 is 9.32 Å². The van der Waals surface area contributed by atoms with Crippen molar-refractivity contribution in [2.75, 3.05) is 26.7 Å². The van der Waals surface area contributed by atoms with Gasteiger partial charge in [-0.2, -0.15) is 0 Å². The molecule has 2 aromatic rings. The van der Waals surface area contributed by atoms with Gasteiger partial charge in [-0.15, -0.1) is 0 Å². The number of carbonyl (C=O) groups excluding carboxylic acids is 1. The lowest BCUT2D eigenvalue weighted by Gasteiger charge is -2.28. The number of benzene rings is 1. The largest absolute Gasteiger partial charge is 0.472 e. The molecule has 0 saturated carbocycles. The molecule has 2 fully saturated rings. The molecule has 1 amide bonds. The Bertz CT molecular complexity index is 683.